The van der Waals surface area contributed by atoms with Crippen LogP contribution in [0.4, 0.5) is 0 Å². The molecule has 2 aliphatic rings. The predicted molar refractivity (Wildman–Crippen MR) is 93.2 cm³/mol. The molecule has 0 saturated heterocycles. The average Bonchev–Trinajstić information content (AvgIpc) is 3.45. The summed E-state index contributed by atoms with van der Waals surface area (Å²) in [6.45, 7) is 1.81. The van der Waals surface area contributed by atoms with Gasteiger partial charge in [-0.2, -0.15) is 0 Å². The Kier molecular flexibility index (Phi) is 4.04. The van der Waals surface area contributed by atoms with Crippen molar-refractivity contribution in [2.45, 2.75) is 50.7 Å². The third-order valence-electron chi connectivity index (χ3n) is 4.89. The molecule has 1 amide bonds. The van der Waals surface area contributed by atoms with Gasteiger partial charge in [0.05, 0.1) is 0 Å². The van der Waals surface area contributed by atoms with Gasteiger partial charge in [0, 0.05) is 31.6 Å². The van der Waals surface area contributed by atoms with Crippen LogP contribution < -0.4 is 5.32 Å². The predicted octanol–water partition coefficient (Wildman–Crippen LogP) is 3.47. The fourth-order valence-electron chi connectivity index (χ4n) is 3.25. The average molecular weight is 308 g/mol. The van der Waals surface area contributed by atoms with Gasteiger partial charge in [0.25, 0.3) is 0 Å². The maximum atomic E-state index is 12.0. The molecule has 2 aromatic rings. The molecule has 2 fully saturated rings. The van der Waals surface area contributed by atoms with Gasteiger partial charge >= 0.3 is 0 Å². The van der Waals surface area contributed by atoms with Crippen LogP contribution in [0.1, 0.15) is 37.7 Å². The van der Waals surface area contributed by atoms with Crippen LogP contribution in [-0.2, 0) is 11.3 Å². The highest BCUT2D eigenvalue weighted by Gasteiger charge is 2.30. The molecule has 0 heterocycles. The first-order valence-electron chi connectivity index (χ1n) is 8.79. The molecule has 2 aliphatic carbocycles. The van der Waals surface area contributed by atoms with Gasteiger partial charge in [0.2, 0.25) is 5.91 Å². The van der Waals surface area contributed by atoms with Crippen molar-refractivity contribution < 1.29 is 4.79 Å². The molecular weight excluding hydrogens is 284 g/mol. The highest BCUT2D eigenvalue weighted by atomic mass is 16.1. The first kappa shape index (κ1) is 14.7. The van der Waals surface area contributed by atoms with Gasteiger partial charge in [-0.15, -0.1) is 0 Å². The fourth-order valence-corrected chi connectivity index (χ4v) is 3.25. The quantitative estimate of drug-likeness (QED) is 0.849. The minimum Gasteiger partial charge on any atom is -0.353 e. The lowest BCUT2D eigenvalue weighted by Gasteiger charge is -2.22. The number of carbonyl (C=O) groups is 1. The molecule has 0 radical (unpaired) electrons. The normalized spacial score (nSPS) is 17.6. The topological polar surface area (TPSA) is 32.3 Å². The van der Waals surface area contributed by atoms with Crippen molar-refractivity contribution in [3.8, 4) is 0 Å². The lowest BCUT2D eigenvalue weighted by Crippen LogP contribution is -2.32. The maximum Gasteiger partial charge on any atom is 0.221 e. The number of rotatable bonds is 7. The van der Waals surface area contributed by atoms with E-state index in [2.05, 4.69) is 52.7 Å². The molecule has 2 aromatic carbocycles. The lowest BCUT2D eigenvalue weighted by molar-refractivity contribution is -0.121. The summed E-state index contributed by atoms with van der Waals surface area (Å²) in [4.78, 5) is 14.5. The SMILES string of the molecule is O=C(CCN(Cc1cccc2ccccc12)C1CC1)NC1CC1. The zero-order chi connectivity index (χ0) is 15.6. The number of hydrogen-bond acceptors (Lipinski definition) is 2. The van der Waals surface area contributed by atoms with Crippen LogP contribution in [0.5, 0.6) is 0 Å². The molecule has 1 N–H and O–H groups in total. The highest BCUT2D eigenvalue weighted by Crippen LogP contribution is 2.30. The largest absolute Gasteiger partial charge is 0.353 e. The van der Waals surface area contributed by atoms with Crippen molar-refractivity contribution in [2.75, 3.05) is 6.54 Å². The third-order valence-corrected chi connectivity index (χ3v) is 4.89. The van der Waals surface area contributed by atoms with Crippen LogP contribution in [-0.4, -0.2) is 29.4 Å². The van der Waals surface area contributed by atoms with Gasteiger partial charge in [0.1, 0.15) is 0 Å². The van der Waals surface area contributed by atoms with E-state index < -0.39 is 0 Å². The van der Waals surface area contributed by atoms with E-state index in [-0.39, 0.29) is 5.91 Å². The summed E-state index contributed by atoms with van der Waals surface area (Å²) in [5.74, 6) is 0.219. The van der Waals surface area contributed by atoms with E-state index in [4.69, 9.17) is 0 Å². The van der Waals surface area contributed by atoms with Crippen LogP contribution >= 0.6 is 0 Å². The Morgan fingerprint density at radius 1 is 1.04 bits per heavy atom. The van der Waals surface area contributed by atoms with Gasteiger partial charge in [0.15, 0.2) is 0 Å². The Hall–Kier alpha value is -1.87. The van der Waals surface area contributed by atoms with Crippen LogP contribution in [0, 0.1) is 0 Å². The van der Waals surface area contributed by atoms with Gasteiger partial charge in [-0.05, 0) is 42.0 Å². The van der Waals surface area contributed by atoms with Crippen molar-refractivity contribution in [1.29, 1.82) is 0 Å². The van der Waals surface area contributed by atoms with Crippen molar-refractivity contribution in [1.82, 2.24) is 10.2 Å². The summed E-state index contributed by atoms with van der Waals surface area (Å²) in [5.41, 5.74) is 1.37. The molecule has 2 saturated carbocycles. The van der Waals surface area contributed by atoms with Crippen molar-refractivity contribution in [3.05, 3.63) is 48.0 Å². The second kappa shape index (κ2) is 6.32. The van der Waals surface area contributed by atoms with Crippen LogP contribution in [0.25, 0.3) is 10.8 Å². The van der Waals surface area contributed by atoms with Gasteiger partial charge in [-0.25, -0.2) is 0 Å². The Balaban J connectivity index is 1.44. The van der Waals surface area contributed by atoms with E-state index in [1.807, 2.05) is 0 Å². The van der Waals surface area contributed by atoms with Crippen molar-refractivity contribution in [3.63, 3.8) is 0 Å². The Labute approximate surface area is 137 Å². The first-order chi connectivity index (χ1) is 11.3. The molecule has 23 heavy (non-hydrogen) atoms. The summed E-state index contributed by atoms with van der Waals surface area (Å²) in [6, 6.07) is 16.2. The molecule has 0 aromatic heterocycles. The number of amides is 1. The molecule has 0 spiro atoms. The van der Waals surface area contributed by atoms with Crippen LogP contribution in [0.2, 0.25) is 0 Å². The third kappa shape index (κ3) is 3.73. The summed E-state index contributed by atoms with van der Waals surface area (Å²) in [6.07, 6.45) is 5.49. The van der Waals surface area contributed by atoms with E-state index in [9.17, 15) is 4.79 Å². The number of nitrogens with zero attached hydrogens (tertiary/aromatic N) is 1. The molecular formula is C20H24N2O. The van der Waals surface area contributed by atoms with Gasteiger partial charge < -0.3 is 5.32 Å². The monoisotopic (exact) mass is 308 g/mol. The number of nitrogens with one attached hydrogen (secondary N) is 1. The highest BCUT2D eigenvalue weighted by molar-refractivity contribution is 5.85. The van der Waals surface area contributed by atoms with Gasteiger partial charge in [-0.1, -0.05) is 42.5 Å². The number of benzene rings is 2. The van der Waals surface area contributed by atoms with E-state index in [0.29, 0.717) is 18.5 Å². The Morgan fingerprint density at radius 2 is 1.83 bits per heavy atom. The molecule has 0 atom stereocenters. The van der Waals surface area contributed by atoms with Crippen molar-refractivity contribution in [2.24, 2.45) is 0 Å². The number of fused-ring (bicyclic) bond motifs is 1. The van der Waals surface area contributed by atoms with E-state index >= 15 is 0 Å². The minimum atomic E-state index is 0.219. The summed E-state index contributed by atoms with van der Waals surface area (Å²) < 4.78 is 0. The maximum absolute atomic E-state index is 12.0. The second-order valence-electron chi connectivity index (χ2n) is 6.93. The molecule has 120 valence electrons. The summed E-state index contributed by atoms with van der Waals surface area (Å²) in [5, 5.41) is 5.73. The molecule has 3 nitrogen and oxygen atoms in total. The smallest absolute Gasteiger partial charge is 0.221 e. The summed E-state index contributed by atoms with van der Waals surface area (Å²) in [7, 11) is 0. The zero-order valence-electron chi connectivity index (χ0n) is 13.5. The van der Waals surface area contributed by atoms with Crippen LogP contribution in [0.3, 0.4) is 0 Å². The zero-order valence-corrected chi connectivity index (χ0v) is 13.5. The van der Waals surface area contributed by atoms with Crippen LogP contribution in [0.15, 0.2) is 42.5 Å². The van der Waals surface area contributed by atoms with E-state index in [0.717, 1.165) is 25.9 Å². The van der Waals surface area contributed by atoms with Gasteiger partial charge in [-0.3, -0.25) is 9.69 Å². The van der Waals surface area contributed by atoms with Crippen molar-refractivity contribution >= 4 is 16.7 Å². The molecule has 3 heteroatoms. The molecule has 0 aliphatic heterocycles. The standard InChI is InChI=1S/C20H24N2O/c23-20(21-17-8-9-17)12-13-22(18-10-11-18)14-16-6-3-5-15-4-1-2-7-19(15)16/h1-7,17-18H,8-14H2,(H,21,23). The number of carbonyl (C=O) groups excluding carboxylic acids is 1. The minimum absolute atomic E-state index is 0.219. The van der Waals surface area contributed by atoms with E-state index in [1.54, 1.807) is 0 Å². The summed E-state index contributed by atoms with van der Waals surface area (Å²) >= 11 is 0. The first-order valence-corrected chi connectivity index (χ1v) is 8.79. The molecule has 4 rings (SSSR count). The molecule has 0 bridgehead atoms. The van der Waals surface area contributed by atoms with E-state index in [1.165, 1.54) is 29.2 Å². The Bertz CT molecular complexity index is 698. The Morgan fingerprint density at radius 3 is 2.61 bits per heavy atom. The lowest BCUT2D eigenvalue weighted by atomic mass is 10.0. The molecule has 0 unspecified atom stereocenters. The second-order valence-corrected chi connectivity index (χ2v) is 6.93. The number of hydrogen-bond donors (Lipinski definition) is 1. The fraction of sp³-hybridized carbons (Fsp3) is 0.450.